The monoisotopic (exact) mass is 474 g/mol. The molecule has 0 radical (unpaired) electrons. The van der Waals surface area contributed by atoms with E-state index in [9.17, 15) is 14.0 Å². The van der Waals surface area contributed by atoms with E-state index in [1.54, 1.807) is 11.9 Å². The van der Waals surface area contributed by atoms with E-state index in [2.05, 4.69) is 0 Å². The van der Waals surface area contributed by atoms with Crippen LogP contribution < -0.4 is 4.74 Å². The summed E-state index contributed by atoms with van der Waals surface area (Å²) in [5, 5.41) is 0.623. The van der Waals surface area contributed by atoms with Gasteiger partial charge in [-0.25, -0.2) is 9.18 Å². The summed E-state index contributed by atoms with van der Waals surface area (Å²) in [6.07, 6.45) is 0.851. The summed E-state index contributed by atoms with van der Waals surface area (Å²) in [7, 11) is 1.68. The number of hydrogen-bond acceptors (Lipinski definition) is 4. The smallest absolute Gasteiger partial charge is 0.410 e. The summed E-state index contributed by atoms with van der Waals surface area (Å²) in [6, 6.07) is 12.8. The molecule has 6 nitrogen and oxygen atoms in total. The van der Waals surface area contributed by atoms with Crippen LogP contribution in [0.15, 0.2) is 48.5 Å². The molecule has 0 aliphatic carbocycles. The Morgan fingerprint density at radius 1 is 1.12 bits per heavy atom. The number of amides is 2. The van der Waals surface area contributed by atoms with Gasteiger partial charge < -0.3 is 19.3 Å². The van der Waals surface area contributed by atoms with Gasteiger partial charge >= 0.3 is 6.09 Å². The van der Waals surface area contributed by atoms with Gasteiger partial charge in [-0.15, -0.1) is 0 Å². The second-order valence-corrected chi connectivity index (χ2v) is 9.38. The number of benzene rings is 2. The van der Waals surface area contributed by atoms with Crippen LogP contribution in [0, 0.1) is 11.7 Å². The summed E-state index contributed by atoms with van der Waals surface area (Å²) < 4.78 is 24.1. The fourth-order valence-corrected chi connectivity index (χ4v) is 4.85. The van der Waals surface area contributed by atoms with Gasteiger partial charge in [0.2, 0.25) is 5.91 Å². The van der Waals surface area contributed by atoms with Crippen molar-refractivity contribution in [3.63, 3.8) is 0 Å². The average Bonchev–Trinajstić information content (AvgIpc) is 3.19. The van der Waals surface area contributed by atoms with Crippen LogP contribution in [0.4, 0.5) is 9.18 Å². The summed E-state index contributed by atoms with van der Waals surface area (Å²) in [5.74, 6) is -0.252. The van der Waals surface area contributed by atoms with Crippen molar-refractivity contribution in [3.05, 3.63) is 64.9 Å². The number of carbonyl (C=O) groups is 2. The largest absolute Gasteiger partial charge is 0.415 e. The van der Waals surface area contributed by atoms with Crippen LogP contribution in [0.3, 0.4) is 0 Å². The average molecular weight is 475 g/mol. The van der Waals surface area contributed by atoms with Crippen LogP contribution in [0.1, 0.15) is 31.2 Å². The fourth-order valence-electron chi connectivity index (χ4n) is 4.73. The van der Waals surface area contributed by atoms with Gasteiger partial charge in [-0.05, 0) is 61.7 Å². The Bertz CT molecular complexity index is 994. The first kappa shape index (κ1) is 23.5. The third kappa shape index (κ3) is 4.99. The molecule has 4 rings (SSSR count). The molecule has 0 N–H and O–H groups in total. The van der Waals surface area contributed by atoms with Gasteiger partial charge in [0.1, 0.15) is 11.6 Å². The molecule has 2 saturated heterocycles. The molecular weight excluding hydrogens is 447 g/mol. The highest BCUT2D eigenvalue weighted by atomic mass is 35.5. The van der Waals surface area contributed by atoms with Gasteiger partial charge in [0.15, 0.2) is 0 Å². The summed E-state index contributed by atoms with van der Waals surface area (Å²) in [6.45, 7) is 4.02. The summed E-state index contributed by atoms with van der Waals surface area (Å²) in [4.78, 5) is 29.8. The Labute approximate surface area is 198 Å². The third-order valence-electron chi connectivity index (χ3n) is 6.88. The van der Waals surface area contributed by atoms with Gasteiger partial charge in [-0.3, -0.25) is 4.79 Å². The van der Waals surface area contributed by atoms with Gasteiger partial charge in [-0.1, -0.05) is 23.7 Å². The maximum Gasteiger partial charge on any atom is 0.415 e. The molecule has 2 aliphatic rings. The van der Waals surface area contributed by atoms with Crippen molar-refractivity contribution in [3.8, 4) is 5.75 Å². The van der Waals surface area contributed by atoms with E-state index in [0.717, 1.165) is 5.56 Å². The first-order chi connectivity index (χ1) is 15.8. The molecule has 2 heterocycles. The lowest BCUT2D eigenvalue weighted by molar-refractivity contribution is -0.137. The van der Waals surface area contributed by atoms with Crippen molar-refractivity contribution in [2.75, 3.05) is 33.4 Å². The highest BCUT2D eigenvalue weighted by molar-refractivity contribution is 6.30. The van der Waals surface area contributed by atoms with Crippen molar-refractivity contribution in [1.82, 2.24) is 9.80 Å². The van der Waals surface area contributed by atoms with Crippen molar-refractivity contribution in [2.45, 2.75) is 31.2 Å². The molecule has 0 unspecified atom stereocenters. The van der Waals surface area contributed by atoms with E-state index < -0.39 is 17.4 Å². The summed E-state index contributed by atoms with van der Waals surface area (Å²) in [5.41, 5.74) is 0.275. The predicted molar refractivity (Wildman–Crippen MR) is 123 cm³/mol. The van der Waals surface area contributed by atoms with Crippen LogP contribution in [0.5, 0.6) is 5.75 Å². The number of nitrogens with zero attached hydrogens (tertiary/aromatic N) is 2. The van der Waals surface area contributed by atoms with Crippen molar-refractivity contribution in [1.29, 1.82) is 0 Å². The number of hydrogen-bond donors (Lipinski definition) is 0. The standard InChI is InChI=1S/C25H28ClFN2O4/c1-25(28(2)24(31)33-21-9-7-20(27)8-10-21)16-29(23(30)18-11-13-32-14-12-18)15-22(25)17-3-5-19(26)6-4-17/h3-10,18,22H,11-16H2,1-2H3/t22-,25+/m1/s1. The van der Waals surface area contributed by atoms with Crippen LogP contribution in [-0.2, 0) is 9.53 Å². The molecule has 33 heavy (non-hydrogen) atoms. The quantitative estimate of drug-likeness (QED) is 0.643. The number of carbonyl (C=O) groups excluding carboxylic acids is 2. The maximum atomic E-state index is 13.3. The highest BCUT2D eigenvalue weighted by Gasteiger charge is 2.50. The lowest BCUT2D eigenvalue weighted by Crippen LogP contribution is -2.53. The lowest BCUT2D eigenvalue weighted by atomic mass is 9.82. The molecule has 0 saturated carbocycles. The minimum Gasteiger partial charge on any atom is -0.410 e. The van der Waals surface area contributed by atoms with Crippen LogP contribution in [-0.4, -0.2) is 60.7 Å². The molecule has 2 amide bonds. The number of halogens is 2. The third-order valence-corrected chi connectivity index (χ3v) is 7.13. The Morgan fingerprint density at radius 3 is 2.39 bits per heavy atom. The van der Waals surface area contributed by atoms with E-state index in [-0.39, 0.29) is 23.5 Å². The molecule has 176 valence electrons. The molecule has 0 spiro atoms. The van der Waals surface area contributed by atoms with E-state index in [1.165, 1.54) is 24.3 Å². The Kier molecular flexibility index (Phi) is 6.91. The number of likely N-dealkylation sites (N-methyl/N-ethyl adjacent to an activating group) is 1. The SMILES string of the molecule is CN(C(=O)Oc1ccc(F)cc1)[C@@]1(C)CN(C(=O)C2CCOCC2)C[C@@H]1c1ccc(Cl)cc1. The first-order valence-corrected chi connectivity index (χ1v) is 11.5. The Morgan fingerprint density at radius 2 is 1.76 bits per heavy atom. The zero-order valence-corrected chi connectivity index (χ0v) is 19.6. The van der Waals surface area contributed by atoms with Gasteiger partial charge in [0.05, 0.1) is 5.54 Å². The Balaban J connectivity index is 1.59. The van der Waals surface area contributed by atoms with Gasteiger partial charge in [-0.2, -0.15) is 0 Å². The normalized spacial score (nSPS) is 23.4. The highest BCUT2D eigenvalue weighted by Crippen LogP contribution is 2.41. The number of rotatable bonds is 4. The second kappa shape index (κ2) is 9.69. The maximum absolute atomic E-state index is 13.3. The molecule has 8 heteroatoms. The molecule has 0 aromatic heterocycles. The van der Waals surface area contributed by atoms with Gasteiger partial charge in [0, 0.05) is 50.2 Å². The van der Waals surface area contributed by atoms with Gasteiger partial charge in [0.25, 0.3) is 0 Å². The Hall–Kier alpha value is -2.64. The van der Waals surface area contributed by atoms with Crippen molar-refractivity contribution in [2.24, 2.45) is 5.92 Å². The number of ether oxygens (including phenoxy) is 2. The molecule has 2 aromatic rings. The first-order valence-electron chi connectivity index (χ1n) is 11.1. The molecule has 2 aromatic carbocycles. The lowest BCUT2D eigenvalue weighted by Gasteiger charge is -2.39. The number of likely N-dealkylation sites (tertiary alicyclic amines) is 1. The van der Waals surface area contributed by atoms with Crippen LogP contribution >= 0.6 is 11.6 Å². The van der Waals surface area contributed by atoms with Crippen LogP contribution in [0.25, 0.3) is 0 Å². The zero-order chi connectivity index (χ0) is 23.6. The minimum absolute atomic E-state index is 0.0663. The minimum atomic E-state index is -0.716. The molecule has 2 atom stereocenters. The molecular formula is C25H28ClFN2O4. The molecule has 2 aliphatic heterocycles. The van der Waals surface area contributed by atoms with E-state index in [4.69, 9.17) is 21.1 Å². The van der Waals surface area contributed by atoms with E-state index >= 15 is 0 Å². The molecule has 0 bridgehead atoms. The second-order valence-electron chi connectivity index (χ2n) is 8.95. The van der Waals surface area contributed by atoms with Crippen molar-refractivity contribution >= 4 is 23.6 Å². The predicted octanol–water partition coefficient (Wildman–Crippen LogP) is 4.72. The zero-order valence-electron chi connectivity index (χ0n) is 18.8. The molecule has 2 fully saturated rings. The fraction of sp³-hybridized carbons (Fsp3) is 0.440. The van der Waals surface area contributed by atoms with Crippen molar-refractivity contribution < 1.29 is 23.5 Å². The van der Waals surface area contributed by atoms with E-state index in [1.807, 2.05) is 36.1 Å². The van der Waals surface area contributed by atoms with Crippen LogP contribution in [0.2, 0.25) is 5.02 Å². The summed E-state index contributed by atoms with van der Waals surface area (Å²) >= 11 is 6.10. The topological polar surface area (TPSA) is 59.1 Å². The van der Waals surface area contributed by atoms with E-state index in [0.29, 0.717) is 44.2 Å².